The quantitative estimate of drug-likeness (QED) is 0.644. The summed E-state index contributed by atoms with van der Waals surface area (Å²) in [5, 5.41) is 3.67. The van der Waals surface area contributed by atoms with Crippen molar-refractivity contribution < 1.29 is 4.79 Å². The number of aryl methyl sites for hydroxylation is 1. The van der Waals surface area contributed by atoms with E-state index in [0.29, 0.717) is 23.3 Å². The number of benzene rings is 1. The van der Waals surface area contributed by atoms with E-state index in [4.69, 9.17) is 5.73 Å². The van der Waals surface area contributed by atoms with Gasteiger partial charge in [-0.2, -0.15) is 0 Å². The van der Waals surface area contributed by atoms with Gasteiger partial charge in [0, 0.05) is 23.0 Å². The SMILES string of the molecule is Cc1cc(C(=O)NCc2ccc[nH]2)c2cccc(N)c2n1. The van der Waals surface area contributed by atoms with Crippen molar-refractivity contribution in [2.24, 2.45) is 0 Å². The molecule has 1 aromatic carbocycles. The van der Waals surface area contributed by atoms with Gasteiger partial charge in [-0.3, -0.25) is 9.78 Å². The Balaban J connectivity index is 1.95. The number of hydrogen-bond acceptors (Lipinski definition) is 3. The lowest BCUT2D eigenvalue weighted by atomic mass is 10.1. The maximum absolute atomic E-state index is 12.4. The molecule has 0 saturated carbocycles. The van der Waals surface area contributed by atoms with Gasteiger partial charge in [0.2, 0.25) is 0 Å². The Morgan fingerprint density at radius 3 is 2.95 bits per heavy atom. The number of aromatic amines is 1. The lowest BCUT2D eigenvalue weighted by Crippen LogP contribution is -2.23. The van der Waals surface area contributed by atoms with Gasteiger partial charge in [0.1, 0.15) is 0 Å². The second kappa shape index (κ2) is 5.28. The topological polar surface area (TPSA) is 83.8 Å². The van der Waals surface area contributed by atoms with E-state index in [9.17, 15) is 4.79 Å². The molecule has 1 amide bonds. The van der Waals surface area contributed by atoms with Crippen molar-refractivity contribution in [3.63, 3.8) is 0 Å². The lowest BCUT2D eigenvalue weighted by molar-refractivity contribution is 0.0952. The van der Waals surface area contributed by atoms with Gasteiger partial charge >= 0.3 is 0 Å². The van der Waals surface area contributed by atoms with Gasteiger partial charge in [0.25, 0.3) is 5.91 Å². The molecule has 0 atom stereocenters. The fraction of sp³-hybridized carbons (Fsp3) is 0.125. The van der Waals surface area contributed by atoms with Gasteiger partial charge in [0.05, 0.1) is 23.3 Å². The highest BCUT2D eigenvalue weighted by Crippen LogP contribution is 2.23. The van der Waals surface area contributed by atoms with E-state index < -0.39 is 0 Å². The van der Waals surface area contributed by atoms with E-state index in [-0.39, 0.29) is 5.91 Å². The van der Waals surface area contributed by atoms with E-state index in [1.165, 1.54) is 0 Å². The Morgan fingerprint density at radius 1 is 1.33 bits per heavy atom. The molecule has 0 aliphatic carbocycles. The lowest BCUT2D eigenvalue weighted by Gasteiger charge is -2.10. The average molecular weight is 280 g/mol. The number of anilines is 1. The largest absolute Gasteiger partial charge is 0.397 e. The van der Waals surface area contributed by atoms with Crippen molar-refractivity contribution >= 4 is 22.5 Å². The summed E-state index contributed by atoms with van der Waals surface area (Å²) < 4.78 is 0. The van der Waals surface area contributed by atoms with Crippen molar-refractivity contribution in [3.8, 4) is 0 Å². The van der Waals surface area contributed by atoms with Gasteiger partial charge in [-0.1, -0.05) is 12.1 Å². The third kappa shape index (κ3) is 2.58. The first kappa shape index (κ1) is 13.2. The summed E-state index contributed by atoms with van der Waals surface area (Å²) in [6, 6.07) is 11.1. The molecule has 106 valence electrons. The Bertz CT molecular complexity index is 793. The van der Waals surface area contributed by atoms with Crippen LogP contribution >= 0.6 is 0 Å². The number of hydrogen-bond donors (Lipinski definition) is 3. The van der Waals surface area contributed by atoms with Crippen molar-refractivity contribution in [2.45, 2.75) is 13.5 Å². The number of rotatable bonds is 3. The molecule has 21 heavy (non-hydrogen) atoms. The van der Waals surface area contributed by atoms with Crippen molar-refractivity contribution in [3.05, 3.63) is 59.5 Å². The number of nitrogens with one attached hydrogen (secondary N) is 2. The first-order valence-corrected chi connectivity index (χ1v) is 6.71. The molecule has 2 heterocycles. The number of nitrogens with zero attached hydrogens (tertiary/aromatic N) is 1. The van der Waals surface area contributed by atoms with E-state index in [1.54, 1.807) is 12.1 Å². The summed E-state index contributed by atoms with van der Waals surface area (Å²) in [5.41, 5.74) is 9.51. The van der Waals surface area contributed by atoms with Crippen LogP contribution in [0.5, 0.6) is 0 Å². The minimum atomic E-state index is -0.134. The van der Waals surface area contributed by atoms with Crippen LogP contribution in [0.4, 0.5) is 5.69 Å². The highest BCUT2D eigenvalue weighted by atomic mass is 16.1. The zero-order chi connectivity index (χ0) is 14.8. The molecule has 0 bridgehead atoms. The number of carbonyl (C=O) groups is 1. The maximum Gasteiger partial charge on any atom is 0.252 e. The maximum atomic E-state index is 12.4. The summed E-state index contributed by atoms with van der Waals surface area (Å²) in [6.45, 7) is 2.31. The number of para-hydroxylation sites is 1. The van der Waals surface area contributed by atoms with E-state index in [0.717, 1.165) is 16.8 Å². The van der Waals surface area contributed by atoms with Crippen molar-refractivity contribution in [1.29, 1.82) is 0 Å². The predicted octanol–water partition coefficient (Wildman–Crippen LogP) is 2.38. The van der Waals surface area contributed by atoms with Crippen LogP contribution in [0.2, 0.25) is 0 Å². The number of fused-ring (bicyclic) bond motifs is 1. The Hall–Kier alpha value is -2.82. The molecule has 4 N–H and O–H groups in total. The fourth-order valence-electron chi connectivity index (χ4n) is 2.33. The second-order valence-corrected chi connectivity index (χ2v) is 4.93. The molecule has 0 saturated heterocycles. The molecule has 0 aliphatic heterocycles. The monoisotopic (exact) mass is 280 g/mol. The van der Waals surface area contributed by atoms with Crippen LogP contribution in [0, 0.1) is 6.92 Å². The highest BCUT2D eigenvalue weighted by Gasteiger charge is 2.13. The summed E-state index contributed by atoms with van der Waals surface area (Å²) in [7, 11) is 0. The minimum Gasteiger partial charge on any atom is -0.397 e. The predicted molar refractivity (Wildman–Crippen MR) is 82.9 cm³/mol. The smallest absolute Gasteiger partial charge is 0.252 e. The van der Waals surface area contributed by atoms with Gasteiger partial charge < -0.3 is 16.0 Å². The molecule has 0 radical (unpaired) electrons. The van der Waals surface area contributed by atoms with E-state index in [1.807, 2.05) is 37.4 Å². The number of amides is 1. The third-order valence-electron chi connectivity index (χ3n) is 3.35. The van der Waals surface area contributed by atoms with Crippen LogP contribution in [-0.2, 0) is 6.54 Å². The Kier molecular flexibility index (Phi) is 3.31. The van der Waals surface area contributed by atoms with E-state index >= 15 is 0 Å². The Labute approximate surface area is 122 Å². The van der Waals surface area contributed by atoms with Crippen LogP contribution in [-0.4, -0.2) is 15.9 Å². The van der Waals surface area contributed by atoms with E-state index in [2.05, 4.69) is 15.3 Å². The summed E-state index contributed by atoms with van der Waals surface area (Å²) in [6.07, 6.45) is 1.83. The zero-order valence-electron chi connectivity index (χ0n) is 11.7. The molecule has 0 unspecified atom stereocenters. The minimum absolute atomic E-state index is 0.134. The van der Waals surface area contributed by atoms with Crippen LogP contribution in [0.1, 0.15) is 21.7 Å². The molecular formula is C16H16N4O. The van der Waals surface area contributed by atoms with Crippen LogP contribution in [0.15, 0.2) is 42.6 Å². The number of nitrogens with two attached hydrogens (primary N) is 1. The van der Waals surface area contributed by atoms with Crippen LogP contribution < -0.4 is 11.1 Å². The molecule has 3 aromatic rings. The first-order chi connectivity index (χ1) is 10.1. The molecule has 0 aliphatic rings. The number of aromatic nitrogens is 2. The zero-order valence-corrected chi connectivity index (χ0v) is 11.7. The van der Waals surface area contributed by atoms with Gasteiger partial charge in [-0.05, 0) is 31.2 Å². The molecule has 0 spiro atoms. The normalized spacial score (nSPS) is 10.7. The number of pyridine rings is 1. The van der Waals surface area contributed by atoms with Crippen molar-refractivity contribution in [1.82, 2.24) is 15.3 Å². The molecule has 5 nitrogen and oxygen atoms in total. The standard InChI is InChI=1S/C16H16N4O/c1-10-8-13(12-5-2-6-14(17)15(12)20-10)16(21)19-9-11-4-3-7-18-11/h2-8,18H,9,17H2,1H3,(H,19,21). The number of H-pyrrole nitrogens is 1. The fourth-order valence-corrected chi connectivity index (χ4v) is 2.33. The molecular weight excluding hydrogens is 264 g/mol. The second-order valence-electron chi connectivity index (χ2n) is 4.93. The molecule has 2 aromatic heterocycles. The van der Waals surface area contributed by atoms with Crippen LogP contribution in [0.3, 0.4) is 0 Å². The third-order valence-corrected chi connectivity index (χ3v) is 3.35. The molecule has 5 heteroatoms. The van der Waals surface area contributed by atoms with Gasteiger partial charge in [-0.25, -0.2) is 0 Å². The number of nitrogen functional groups attached to an aromatic ring is 1. The van der Waals surface area contributed by atoms with Crippen LogP contribution in [0.25, 0.3) is 10.9 Å². The summed E-state index contributed by atoms with van der Waals surface area (Å²) >= 11 is 0. The van der Waals surface area contributed by atoms with Gasteiger partial charge in [0.15, 0.2) is 0 Å². The molecule has 3 rings (SSSR count). The molecule has 0 fully saturated rings. The number of carbonyl (C=O) groups excluding carboxylic acids is 1. The summed E-state index contributed by atoms with van der Waals surface area (Å²) in [4.78, 5) is 19.9. The summed E-state index contributed by atoms with van der Waals surface area (Å²) in [5.74, 6) is -0.134. The average Bonchev–Trinajstić information content (AvgIpc) is 2.98. The van der Waals surface area contributed by atoms with Crippen molar-refractivity contribution in [2.75, 3.05) is 5.73 Å². The first-order valence-electron chi connectivity index (χ1n) is 6.71. The highest BCUT2D eigenvalue weighted by molar-refractivity contribution is 6.08. The Morgan fingerprint density at radius 2 is 2.19 bits per heavy atom. The van der Waals surface area contributed by atoms with Gasteiger partial charge in [-0.15, -0.1) is 0 Å².